The van der Waals surface area contributed by atoms with Gasteiger partial charge in [0.2, 0.25) is 0 Å². The summed E-state index contributed by atoms with van der Waals surface area (Å²) in [5.41, 5.74) is 6.42. The lowest BCUT2D eigenvalue weighted by Crippen LogP contribution is -2.34. The van der Waals surface area contributed by atoms with Crippen LogP contribution in [0.5, 0.6) is 0 Å². The Morgan fingerprint density at radius 1 is 0.900 bits per heavy atom. The molecular weight excluding hydrogens is 261 g/mol. The normalized spacial score (nSPS) is 14.2. The topological polar surface area (TPSA) is 26.0 Å². The summed E-state index contributed by atoms with van der Waals surface area (Å²) in [4.78, 5) is 0. The summed E-state index contributed by atoms with van der Waals surface area (Å²) in [6.45, 7) is 4.48. The molecule has 0 saturated carbocycles. The first kappa shape index (κ1) is 15.2. The molecule has 0 heterocycles. The van der Waals surface area contributed by atoms with Crippen LogP contribution in [0.3, 0.4) is 0 Å². The van der Waals surface area contributed by atoms with Crippen molar-refractivity contribution in [3.8, 4) is 0 Å². The van der Waals surface area contributed by atoms with E-state index < -0.39 is 0 Å². The van der Waals surface area contributed by atoms with E-state index in [1.807, 2.05) is 0 Å². The van der Waals surface area contributed by atoms with E-state index in [2.05, 4.69) is 74.5 Å². The Kier molecular flexibility index (Phi) is 5.76. The largest absolute Gasteiger partial charge is 0.327 e. The Bertz CT molecular complexity index is 458. The second-order valence-corrected chi connectivity index (χ2v) is 7.59. The van der Waals surface area contributed by atoms with Gasteiger partial charge in [0.25, 0.3) is 0 Å². The van der Waals surface area contributed by atoms with E-state index in [1.165, 1.54) is 10.6 Å². The highest BCUT2D eigenvalue weighted by Crippen LogP contribution is 2.35. The zero-order valence-corrected chi connectivity index (χ0v) is 13.3. The first-order valence-electron chi connectivity index (χ1n) is 7.35. The summed E-state index contributed by atoms with van der Waals surface area (Å²) in [7, 11) is -0.353. The molecule has 0 aliphatic rings. The number of hydrogen-bond donors (Lipinski definition) is 1. The highest BCUT2D eigenvalue weighted by molar-refractivity contribution is 7.73. The van der Waals surface area contributed by atoms with Crippen LogP contribution in [0.15, 0.2) is 60.7 Å². The van der Waals surface area contributed by atoms with Crippen LogP contribution in [0.25, 0.3) is 0 Å². The molecule has 1 nitrogen and oxygen atoms in total. The molecule has 2 aromatic carbocycles. The molecule has 20 heavy (non-hydrogen) atoms. The molecule has 2 heteroatoms. The predicted octanol–water partition coefficient (Wildman–Crippen LogP) is 3.49. The van der Waals surface area contributed by atoms with E-state index in [9.17, 15) is 0 Å². The lowest BCUT2D eigenvalue weighted by atomic mass is 10.0. The van der Waals surface area contributed by atoms with Crippen LogP contribution < -0.4 is 16.3 Å². The van der Waals surface area contributed by atoms with Crippen LogP contribution in [0.4, 0.5) is 0 Å². The van der Waals surface area contributed by atoms with Gasteiger partial charge in [-0.05, 0) is 30.6 Å². The van der Waals surface area contributed by atoms with Gasteiger partial charge in [-0.25, -0.2) is 0 Å². The Morgan fingerprint density at radius 3 is 1.75 bits per heavy atom. The predicted molar refractivity (Wildman–Crippen MR) is 91.4 cm³/mol. The van der Waals surface area contributed by atoms with Crippen molar-refractivity contribution in [1.82, 2.24) is 0 Å². The molecule has 0 spiro atoms. The molecule has 2 rings (SSSR count). The minimum Gasteiger partial charge on any atom is -0.327 e. The van der Waals surface area contributed by atoms with Crippen molar-refractivity contribution in [2.75, 3.05) is 6.16 Å². The van der Waals surface area contributed by atoms with Crippen molar-refractivity contribution in [2.45, 2.75) is 26.3 Å². The molecule has 0 aliphatic carbocycles. The Morgan fingerprint density at radius 2 is 1.35 bits per heavy atom. The number of hydrogen-bond acceptors (Lipinski definition) is 1. The summed E-state index contributed by atoms with van der Waals surface area (Å²) in [6, 6.07) is 21.9. The summed E-state index contributed by atoms with van der Waals surface area (Å²) in [5.74, 6) is 0.576. The zero-order valence-electron chi connectivity index (χ0n) is 12.4. The Labute approximate surface area is 124 Å². The minimum atomic E-state index is -0.353. The maximum atomic E-state index is 6.42. The highest BCUT2D eigenvalue weighted by atomic mass is 31.1. The molecule has 0 saturated heterocycles. The van der Waals surface area contributed by atoms with E-state index in [-0.39, 0.29) is 14.0 Å². The summed E-state index contributed by atoms with van der Waals surface area (Å²) in [6.07, 6.45) is 2.21. The Hall–Kier alpha value is -1.17. The Balaban J connectivity index is 2.26. The van der Waals surface area contributed by atoms with Gasteiger partial charge < -0.3 is 5.73 Å². The third-order valence-electron chi connectivity index (χ3n) is 3.90. The van der Waals surface area contributed by atoms with E-state index in [1.54, 1.807) is 0 Å². The van der Waals surface area contributed by atoms with Crippen molar-refractivity contribution in [3.05, 3.63) is 60.7 Å². The number of benzene rings is 2. The average Bonchev–Trinajstić information content (AvgIpc) is 2.53. The molecule has 2 N–H and O–H groups in total. The zero-order chi connectivity index (χ0) is 14.4. The fourth-order valence-corrected chi connectivity index (χ4v) is 4.83. The average molecular weight is 285 g/mol. The second-order valence-electron chi connectivity index (χ2n) is 5.33. The van der Waals surface area contributed by atoms with Gasteiger partial charge >= 0.3 is 0 Å². The molecule has 0 radical (unpaired) electrons. The number of nitrogens with two attached hydrogens (primary N) is 1. The van der Waals surface area contributed by atoms with Gasteiger partial charge in [-0.2, -0.15) is 0 Å². The molecule has 106 valence electrons. The van der Waals surface area contributed by atoms with Crippen LogP contribution in [-0.4, -0.2) is 12.2 Å². The second kappa shape index (κ2) is 7.57. The lowest BCUT2D eigenvalue weighted by molar-refractivity contribution is 0.474. The van der Waals surface area contributed by atoms with Crippen molar-refractivity contribution >= 4 is 18.5 Å². The molecular formula is C18H24NP. The van der Waals surface area contributed by atoms with Gasteiger partial charge in [0.1, 0.15) is 0 Å². The van der Waals surface area contributed by atoms with Crippen LogP contribution in [0, 0.1) is 5.92 Å². The quantitative estimate of drug-likeness (QED) is 0.808. The molecule has 0 aromatic heterocycles. The van der Waals surface area contributed by atoms with Crippen LogP contribution in [0.2, 0.25) is 0 Å². The highest BCUT2D eigenvalue weighted by Gasteiger charge is 2.20. The van der Waals surface area contributed by atoms with Crippen LogP contribution in [-0.2, 0) is 0 Å². The summed E-state index contributed by atoms with van der Waals surface area (Å²) < 4.78 is 0. The monoisotopic (exact) mass is 285 g/mol. The smallest absolute Gasteiger partial charge is 0.0110 e. The fourth-order valence-electron chi connectivity index (χ4n) is 2.27. The van der Waals surface area contributed by atoms with Crippen molar-refractivity contribution in [3.63, 3.8) is 0 Å². The standard InChI is InChI=1S/C18H24NP/c1-3-15(2)18(19)14-20(16-10-6-4-7-11-16)17-12-8-5-9-13-17/h4-13,15,18H,3,14,19H2,1-2H3/t15-,18+/m0/s1. The summed E-state index contributed by atoms with van der Waals surface area (Å²) in [5, 5.41) is 2.85. The molecule has 0 bridgehead atoms. The molecule has 0 aliphatic heterocycles. The molecule has 2 atom stereocenters. The summed E-state index contributed by atoms with van der Waals surface area (Å²) >= 11 is 0. The lowest BCUT2D eigenvalue weighted by Gasteiger charge is -2.25. The van der Waals surface area contributed by atoms with Crippen LogP contribution in [0.1, 0.15) is 20.3 Å². The van der Waals surface area contributed by atoms with Gasteiger partial charge in [-0.1, -0.05) is 80.9 Å². The first-order chi connectivity index (χ1) is 9.72. The maximum Gasteiger partial charge on any atom is 0.0110 e. The molecule has 0 fully saturated rings. The van der Waals surface area contributed by atoms with E-state index in [0.717, 1.165) is 12.6 Å². The third-order valence-corrected chi connectivity index (χ3v) is 6.53. The third kappa shape index (κ3) is 3.91. The first-order valence-corrected chi connectivity index (χ1v) is 8.88. The van der Waals surface area contributed by atoms with Gasteiger partial charge in [-0.15, -0.1) is 0 Å². The SMILES string of the molecule is CC[C@H](C)[C@H](N)CP(c1ccccc1)c1ccccc1. The molecule has 2 aromatic rings. The van der Waals surface area contributed by atoms with Crippen molar-refractivity contribution < 1.29 is 0 Å². The van der Waals surface area contributed by atoms with E-state index >= 15 is 0 Å². The fraction of sp³-hybridized carbons (Fsp3) is 0.333. The minimum absolute atomic E-state index is 0.270. The molecule has 0 unspecified atom stereocenters. The van der Waals surface area contributed by atoms with Gasteiger partial charge in [-0.3, -0.25) is 0 Å². The van der Waals surface area contributed by atoms with Gasteiger partial charge in [0, 0.05) is 6.04 Å². The van der Waals surface area contributed by atoms with Crippen molar-refractivity contribution in [2.24, 2.45) is 11.7 Å². The van der Waals surface area contributed by atoms with E-state index in [4.69, 9.17) is 5.73 Å². The van der Waals surface area contributed by atoms with Crippen LogP contribution >= 0.6 is 7.92 Å². The van der Waals surface area contributed by atoms with Crippen molar-refractivity contribution in [1.29, 1.82) is 0 Å². The molecule has 0 amide bonds. The maximum absolute atomic E-state index is 6.42. The number of rotatable bonds is 6. The van der Waals surface area contributed by atoms with Gasteiger partial charge in [0.15, 0.2) is 0 Å². The van der Waals surface area contributed by atoms with E-state index in [0.29, 0.717) is 5.92 Å². The van der Waals surface area contributed by atoms with Gasteiger partial charge in [0.05, 0.1) is 0 Å².